The van der Waals surface area contributed by atoms with Crippen LogP contribution in [0.5, 0.6) is 0 Å². The van der Waals surface area contributed by atoms with E-state index in [1.54, 1.807) is 32.0 Å². The van der Waals surface area contributed by atoms with E-state index in [1.807, 2.05) is 0 Å². The molecule has 2 rings (SSSR count). The Kier molecular flexibility index (Phi) is 4.37. The topological polar surface area (TPSA) is 72.2 Å². The summed E-state index contributed by atoms with van der Waals surface area (Å²) in [5.74, 6) is 0. The summed E-state index contributed by atoms with van der Waals surface area (Å²) in [6, 6.07) is 7.80. The zero-order chi connectivity index (χ0) is 15.8. The van der Waals surface area contributed by atoms with E-state index in [2.05, 4.69) is 4.72 Å². The lowest BCUT2D eigenvalue weighted by Gasteiger charge is -2.13. The first kappa shape index (κ1) is 15.9. The molecule has 0 fully saturated rings. The molecule has 0 bridgehead atoms. The molecule has 0 aromatic heterocycles. The van der Waals surface area contributed by atoms with Gasteiger partial charge in [-0.2, -0.15) is 0 Å². The van der Waals surface area contributed by atoms with Crippen LogP contribution < -0.4 is 10.5 Å². The Morgan fingerprint density at radius 1 is 1.10 bits per heavy atom. The molecule has 0 saturated heterocycles. The van der Waals surface area contributed by atoms with Crippen molar-refractivity contribution in [1.82, 2.24) is 0 Å². The van der Waals surface area contributed by atoms with Crippen LogP contribution in [0.3, 0.4) is 0 Å². The van der Waals surface area contributed by atoms with Gasteiger partial charge in [0, 0.05) is 10.7 Å². The van der Waals surface area contributed by atoms with Crippen LogP contribution in [0.4, 0.5) is 11.4 Å². The summed E-state index contributed by atoms with van der Waals surface area (Å²) in [6.07, 6.45) is 0. The van der Waals surface area contributed by atoms with Crippen molar-refractivity contribution in [3.8, 4) is 0 Å². The van der Waals surface area contributed by atoms with E-state index in [4.69, 9.17) is 28.9 Å². The predicted octanol–water partition coefficient (Wildman–Crippen LogP) is 3.99. The third kappa shape index (κ3) is 3.26. The van der Waals surface area contributed by atoms with Crippen molar-refractivity contribution in [3.63, 3.8) is 0 Å². The molecule has 21 heavy (non-hydrogen) atoms. The molecule has 2 aromatic carbocycles. The minimum Gasteiger partial charge on any atom is -0.398 e. The minimum absolute atomic E-state index is 0.107. The van der Waals surface area contributed by atoms with Crippen molar-refractivity contribution in [2.75, 3.05) is 10.5 Å². The maximum atomic E-state index is 12.5. The Labute approximate surface area is 133 Å². The van der Waals surface area contributed by atoms with Gasteiger partial charge in [0.2, 0.25) is 0 Å². The van der Waals surface area contributed by atoms with Crippen LogP contribution in [0.25, 0.3) is 0 Å². The summed E-state index contributed by atoms with van der Waals surface area (Å²) in [6.45, 7) is 3.43. The number of hydrogen-bond donors (Lipinski definition) is 2. The second kappa shape index (κ2) is 5.75. The molecule has 0 atom stereocenters. The highest BCUT2D eigenvalue weighted by atomic mass is 35.5. The SMILES string of the molecule is Cc1cc(Cl)c(NS(=O)(=O)c2cccc(N)c2C)cc1Cl. The molecule has 0 heterocycles. The van der Waals surface area contributed by atoms with E-state index in [-0.39, 0.29) is 15.6 Å². The Morgan fingerprint density at radius 3 is 2.43 bits per heavy atom. The second-order valence-electron chi connectivity index (χ2n) is 4.66. The predicted molar refractivity (Wildman–Crippen MR) is 87.6 cm³/mol. The molecule has 0 radical (unpaired) electrons. The van der Waals surface area contributed by atoms with Crippen LogP contribution in [0, 0.1) is 13.8 Å². The smallest absolute Gasteiger partial charge is 0.262 e. The van der Waals surface area contributed by atoms with Crippen molar-refractivity contribution in [2.45, 2.75) is 18.7 Å². The van der Waals surface area contributed by atoms with E-state index < -0.39 is 10.0 Å². The summed E-state index contributed by atoms with van der Waals surface area (Å²) < 4.78 is 27.3. The number of anilines is 2. The standard InChI is InChI=1S/C14H14Cl2N2O2S/c1-8-6-11(16)13(7-10(8)15)18-21(19,20)14-5-3-4-12(17)9(14)2/h3-7,18H,17H2,1-2H3. The number of aryl methyl sites for hydroxylation is 1. The molecule has 7 heteroatoms. The molecule has 0 amide bonds. The third-order valence-electron chi connectivity index (χ3n) is 3.11. The molecule has 0 saturated carbocycles. The fourth-order valence-corrected chi connectivity index (χ4v) is 3.68. The van der Waals surface area contributed by atoms with Gasteiger partial charge < -0.3 is 5.73 Å². The van der Waals surface area contributed by atoms with Crippen LogP contribution >= 0.6 is 23.2 Å². The van der Waals surface area contributed by atoms with Gasteiger partial charge in [0.1, 0.15) is 0 Å². The number of nitrogen functional groups attached to an aromatic ring is 1. The van der Waals surface area contributed by atoms with Crippen LogP contribution in [0.15, 0.2) is 35.2 Å². The summed E-state index contributed by atoms with van der Waals surface area (Å²) in [4.78, 5) is 0.107. The number of hydrogen-bond acceptors (Lipinski definition) is 3. The molecule has 112 valence electrons. The molecular formula is C14H14Cl2N2O2S. The normalized spacial score (nSPS) is 11.4. The maximum absolute atomic E-state index is 12.5. The Hall–Kier alpha value is -1.43. The molecule has 3 N–H and O–H groups in total. The molecule has 0 aliphatic rings. The van der Waals surface area contributed by atoms with Crippen molar-refractivity contribution in [1.29, 1.82) is 0 Å². The van der Waals surface area contributed by atoms with Gasteiger partial charge >= 0.3 is 0 Å². The largest absolute Gasteiger partial charge is 0.398 e. The average molecular weight is 345 g/mol. The van der Waals surface area contributed by atoms with Gasteiger partial charge in [-0.05, 0) is 49.2 Å². The number of sulfonamides is 1. The van der Waals surface area contributed by atoms with E-state index in [0.29, 0.717) is 16.3 Å². The fourth-order valence-electron chi connectivity index (χ4n) is 1.85. The van der Waals surface area contributed by atoms with Gasteiger partial charge in [-0.3, -0.25) is 4.72 Å². The van der Waals surface area contributed by atoms with Crippen LogP contribution in [-0.4, -0.2) is 8.42 Å². The van der Waals surface area contributed by atoms with Crippen LogP contribution in [0.2, 0.25) is 10.0 Å². The van der Waals surface area contributed by atoms with Crippen molar-refractivity contribution in [2.24, 2.45) is 0 Å². The molecule has 0 aliphatic carbocycles. The Morgan fingerprint density at radius 2 is 1.76 bits per heavy atom. The zero-order valence-corrected chi connectivity index (χ0v) is 13.8. The van der Waals surface area contributed by atoms with Gasteiger partial charge in [-0.1, -0.05) is 29.3 Å². The summed E-state index contributed by atoms with van der Waals surface area (Å²) in [5, 5.41) is 0.712. The molecule has 0 unspecified atom stereocenters. The third-order valence-corrected chi connectivity index (χ3v) is 5.34. The number of benzene rings is 2. The van der Waals surface area contributed by atoms with Crippen molar-refractivity contribution < 1.29 is 8.42 Å². The molecule has 0 aliphatic heterocycles. The number of halogens is 2. The van der Waals surface area contributed by atoms with E-state index in [0.717, 1.165) is 5.56 Å². The van der Waals surface area contributed by atoms with Gasteiger partial charge in [0.25, 0.3) is 10.0 Å². The van der Waals surface area contributed by atoms with Crippen LogP contribution in [0.1, 0.15) is 11.1 Å². The van der Waals surface area contributed by atoms with Crippen LogP contribution in [-0.2, 0) is 10.0 Å². The lowest BCUT2D eigenvalue weighted by molar-refractivity contribution is 0.600. The summed E-state index contributed by atoms with van der Waals surface area (Å²) in [5.41, 5.74) is 7.64. The molecular weight excluding hydrogens is 331 g/mol. The maximum Gasteiger partial charge on any atom is 0.262 e. The van der Waals surface area contributed by atoms with E-state index in [9.17, 15) is 8.42 Å². The van der Waals surface area contributed by atoms with Gasteiger partial charge in [0.15, 0.2) is 0 Å². The zero-order valence-electron chi connectivity index (χ0n) is 11.4. The van der Waals surface area contributed by atoms with Crippen molar-refractivity contribution >= 4 is 44.6 Å². The first-order chi connectivity index (χ1) is 9.72. The van der Waals surface area contributed by atoms with Gasteiger partial charge in [-0.15, -0.1) is 0 Å². The average Bonchev–Trinajstić information content (AvgIpc) is 2.38. The van der Waals surface area contributed by atoms with Gasteiger partial charge in [0.05, 0.1) is 15.6 Å². The summed E-state index contributed by atoms with van der Waals surface area (Å²) >= 11 is 12.1. The first-order valence-electron chi connectivity index (χ1n) is 6.06. The molecule has 2 aromatic rings. The first-order valence-corrected chi connectivity index (χ1v) is 8.30. The lowest BCUT2D eigenvalue weighted by atomic mass is 10.2. The minimum atomic E-state index is -3.79. The Balaban J connectivity index is 2.47. The quantitative estimate of drug-likeness (QED) is 0.826. The van der Waals surface area contributed by atoms with E-state index >= 15 is 0 Å². The number of rotatable bonds is 3. The highest BCUT2D eigenvalue weighted by Crippen LogP contribution is 2.31. The second-order valence-corrected chi connectivity index (χ2v) is 7.12. The highest BCUT2D eigenvalue weighted by molar-refractivity contribution is 7.92. The number of nitrogens with two attached hydrogens (primary N) is 1. The van der Waals surface area contributed by atoms with Gasteiger partial charge in [-0.25, -0.2) is 8.42 Å². The highest BCUT2D eigenvalue weighted by Gasteiger charge is 2.19. The van der Waals surface area contributed by atoms with Crippen molar-refractivity contribution in [3.05, 3.63) is 51.5 Å². The number of nitrogens with one attached hydrogen (secondary N) is 1. The lowest BCUT2D eigenvalue weighted by Crippen LogP contribution is -2.15. The summed E-state index contributed by atoms with van der Waals surface area (Å²) in [7, 11) is -3.79. The molecule has 0 spiro atoms. The van der Waals surface area contributed by atoms with E-state index in [1.165, 1.54) is 12.1 Å². The molecule has 4 nitrogen and oxygen atoms in total. The Bertz CT molecular complexity index is 805. The monoisotopic (exact) mass is 344 g/mol. The fraction of sp³-hybridized carbons (Fsp3) is 0.143.